The molecule has 0 atom stereocenters. The quantitative estimate of drug-likeness (QED) is 0.775. The van der Waals surface area contributed by atoms with E-state index in [2.05, 4.69) is 22.4 Å². The predicted octanol–water partition coefficient (Wildman–Crippen LogP) is 3.52. The van der Waals surface area contributed by atoms with Gasteiger partial charge in [-0.15, -0.1) is 11.3 Å². The molecule has 2 aromatic rings. The molecule has 2 nitrogen and oxygen atoms in total. The summed E-state index contributed by atoms with van der Waals surface area (Å²) >= 11 is 1.77. The van der Waals surface area contributed by atoms with Crippen molar-refractivity contribution in [3.05, 3.63) is 58.3 Å². The van der Waals surface area contributed by atoms with Crippen LogP contribution in [0.15, 0.2) is 47.8 Å². The third kappa shape index (κ3) is 3.78. The Labute approximate surface area is 124 Å². The Morgan fingerprint density at radius 1 is 1.15 bits per heavy atom. The van der Waals surface area contributed by atoms with E-state index in [1.807, 2.05) is 30.3 Å². The first kappa shape index (κ1) is 13.5. The van der Waals surface area contributed by atoms with E-state index >= 15 is 0 Å². The van der Waals surface area contributed by atoms with Crippen molar-refractivity contribution in [2.75, 3.05) is 6.54 Å². The molecule has 1 aliphatic rings. The van der Waals surface area contributed by atoms with Gasteiger partial charge in [-0.25, -0.2) is 0 Å². The smallest absolute Gasteiger partial charge is 0.151 e. The molecule has 104 valence electrons. The van der Waals surface area contributed by atoms with Crippen LogP contribution in [0.2, 0.25) is 0 Å². The standard InChI is InChI=1S/C17H19NOS/c19-16(11-14-5-2-1-3-6-14)12-18(15-8-9-15)13-17-7-4-10-20-17/h1-7,10,15H,8-9,11-13H2. The number of benzene rings is 1. The lowest BCUT2D eigenvalue weighted by atomic mass is 10.1. The fourth-order valence-corrected chi connectivity index (χ4v) is 3.19. The lowest BCUT2D eigenvalue weighted by Gasteiger charge is -2.20. The number of ketones is 1. The van der Waals surface area contributed by atoms with Crippen LogP contribution >= 0.6 is 11.3 Å². The van der Waals surface area contributed by atoms with Crippen LogP contribution in [-0.4, -0.2) is 23.3 Å². The van der Waals surface area contributed by atoms with Gasteiger partial charge in [-0.1, -0.05) is 36.4 Å². The number of nitrogens with zero attached hydrogens (tertiary/aromatic N) is 1. The van der Waals surface area contributed by atoms with Gasteiger partial charge in [0.15, 0.2) is 5.78 Å². The summed E-state index contributed by atoms with van der Waals surface area (Å²) in [7, 11) is 0. The Kier molecular flexibility index (Phi) is 4.28. The number of hydrogen-bond donors (Lipinski definition) is 0. The average molecular weight is 285 g/mol. The van der Waals surface area contributed by atoms with Crippen LogP contribution < -0.4 is 0 Å². The molecule has 1 fully saturated rings. The van der Waals surface area contributed by atoms with Gasteiger partial charge < -0.3 is 0 Å². The molecular weight excluding hydrogens is 266 g/mol. The fourth-order valence-electron chi connectivity index (χ4n) is 2.46. The molecule has 0 saturated heterocycles. The second-order valence-corrected chi connectivity index (χ2v) is 6.45. The zero-order valence-electron chi connectivity index (χ0n) is 11.5. The number of Topliss-reactive ketones (excluding diaryl/α,β-unsaturated/α-hetero) is 1. The molecule has 3 heteroatoms. The van der Waals surface area contributed by atoms with Crippen LogP contribution in [0, 0.1) is 0 Å². The normalized spacial score (nSPS) is 14.7. The monoisotopic (exact) mass is 285 g/mol. The molecule has 0 amide bonds. The largest absolute Gasteiger partial charge is 0.298 e. The summed E-state index contributed by atoms with van der Waals surface area (Å²) in [5.74, 6) is 0.319. The van der Waals surface area contributed by atoms with Crippen LogP contribution in [0.4, 0.5) is 0 Å². The highest BCUT2D eigenvalue weighted by Crippen LogP contribution is 2.29. The highest BCUT2D eigenvalue weighted by atomic mass is 32.1. The first-order valence-corrected chi connectivity index (χ1v) is 8.01. The van der Waals surface area contributed by atoms with Crippen molar-refractivity contribution in [1.29, 1.82) is 0 Å². The van der Waals surface area contributed by atoms with Gasteiger partial charge in [0.25, 0.3) is 0 Å². The molecule has 3 rings (SSSR count). The predicted molar refractivity (Wildman–Crippen MR) is 82.9 cm³/mol. The Hall–Kier alpha value is -1.45. The molecule has 0 spiro atoms. The van der Waals surface area contributed by atoms with Gasteiger partial charge in [-0.2, -0.15) is 0 Å². The summed E-state index contributed by atoms with van der Waals surface area (Å²) in [6.45, 7) is 1.50. The Balaban J connectivity index is 1.57. The van der Waals surface area contributed by atoms with E-state index in [0.29, 0.717) is 24.8 Å². The number of rotatable bonds is 7. The van der Waals surface area contributed by atoms with Crippen molar-refractivity contribution < 1.29 is 4.79 Å². The number of hydrogen-bond acceptors (Lipinski definition) is 3. The molecule has 1 heterocycles. The van der Waals surface area contributed by atoms with Gasteiger partial charge in [0.2, 0.25) is 0 Å². The van der Waals surface area contributed by atoms with Gasteiger partial charge in [-0.05, 0) is 29.9 Å². The molecular formula is C17H19NOS. The highest BCUT2D eigenvalue weighted by Gasteiger charge is 2.30. The SMILES string of the molecule is O=C(Cc1ccccc1)CN(Cc1cccs1)C1CC1. The zero-order chi connectivity index (χ0) is 13.8. The first-order valence-electron chi connectivity index (χ1n) is 7.13. The third-order valence-corrected chi connectivity index (χ3v) is 4.49. The minimum absolute atomic E-state index is 0.319. The Bertz CT molecular complexity index is 546. The van der Waals surface area contributed by atoms with E-state index in [1.54, 1.807) is 11.3 Å². The number of carbonyl (C=O) groups excluding carboxylic acids is 1. The Morgan fingerprint density at radius 2 is 1.95 bits per heavy atom. The molecule has 0 N–H and O–H groups in total. The van der Waals surface area contributed by atoms with Gasteiger partial charge >= 0.3 is 0 Å². The van der Waals surface area contributed by atoms with Crippen molar-refractivity contribution in [3.8, 4) is 0 Å². The van der Waals surface area contributed by atoms with Gasteiger partial charge in [0, 0.05) is 23.9 Å². The maximum Gasteiger partial charge on any atom is 0.151 e. The first-order chi connectivity index (χ1) is 9.81. The average Bonchev–Trinajstić information content (AvgIpc) is 3.18. The number of carbonyl (C=O) groups is 1. The molecule has 0 radical (unpaired) electrons. The summed E-state index contributed by atoms with van der Waals surface area (Å²) in [5, 5.41) is 2.10. The highest BCUT2D eigenvalue weighted by molar-refractivity contribution is 7.09. The summed E-state index contributed by atoms with van der Waals surface area (Å²) in [4.78, 5) is 15.9. The van der Waals surface area contributed by atoms with Crippen molar-refractivity contribution in [1.82, 2.24) is 4.90 Å². The third-order valence-electron chi connectivity index (χ3n) is 3.63. The minimum Gasteiger partial charge on any atom is -0.298 e. The molecule has 1 aromatic carbocycles. The van der Waals surface area contributed by atoms with Crippen molar-refractivity contribution in [2.24, 2.45) is 0 Å². The Morgan fingerprint density at radius 3 is 2.60 bits per heavy atom. The zero-order valence-corrected chi connectivity index (χ0v) is 12.3. The topological polar surface area (TPSA) is 20.3 Å². The van der Waals surface area contributed by atoms with E-state index in [-0.39, 0.29) is 0 Å². The van der Waals surface area contributed by atoms with Crippen molar-refractivity contribution in [3.63, 3.8) is 0 Å². The molecule has 0 aliphatic heterocycles. The van der Waals surface area contributed by atoms with Crippen molar-refractivity contribution in [2.45, 2.75) is 31.8 Å². The molecule has 0 unspecified atom stereocenters. The second-order valence-electron chi connectivity index (χ2n) is 5.42. The minimum atomic E-state index is 0.319. The number of thiophene rings is 1. The maximum absolute atomic E-state index is 12.2. The summed E-state index contributed by atoms with van der Waals surface area (Å²) in [6, 6.07) is 14.9. The van der Waals surface area contributed by atoms with Gasteiger partial charge in [0.05, 0.1) is 6.54 Å². The van der Waals surface area contributed by atoms with E-state index in [4.69, 9.17) is 0 Å². The second kappa shape index (κ2) is 6.33. The summed E-state index contributed by atoms with van der Waals surface area (Å²) < 4.78 is 0. The molecule has 0 bridgehead atoms. The van der Waals surface area contributed by atoms with E-state index in [1.165, 1.54) is 17.7 Å². The summed E-state index contributed by atoms with van der Waals surface area (Å²) in [6.07, 6.45) is 3.03. The van der Waals surface area contributed by atoms with Crippen LogP contribution in [0.3, 0.4) is 0 Å². The van der Waals surface area contributed by atoms with E-state index < -0.39 is 0 Å². The van der Waals surface area contributed by atoms with Crippen LogP contribution in [0.5, 0.6) is 0 Å². The van der Waals surface area contributed by atoms with Gasteiger partial charge in [-0.3, -0.25) is 9.69 Å². The molecule has 1 saturated carbocycles. The van der Waals surface area contributed by atoms with E-state index in [9.17, 15) is 4.79 Å². The lowest BCUT2D eigenvalue weighted by molar-refractivity contribution is -0.119. The molecule has 20 heavy (non-hydrogen) atoms. The molecule has 1 aliphatic carbocycles. The molecule has 1 aromatic heterocycles. The van der Waals surface area contributed by atoms with Crippen LogP contribution in [-0.2, 0) is 17.8 Å². The van der Waals surface area contributed by atoms with Gasteiger partial charge in [0.1, 0.15) is 0 Å². The fraction of sp³-hybridized carbons (Fsp3) is 0.353. The van der Waals surface area contributed by atoms with E-state index in [0.717, 1.165) is 12.1 Å². The summed E-state index contributed by atoms with van der Waals surface area (Å²) in [5.41, 5.74) is 1.12. The lowest BCUT2D eigenvalue weighted by Crippen LogP contribution is -2.32. The maximum atomic E-state index is 12.2. The van der Waals surface area contributed by atoms with Crippen molar-refractivity contribution >= 4 is 17.1 Å². The van der Waals surface area contributed by atoms with Crippen LogP contribution in [0.1, 0.15) is 23.3 Å². The van der Waals surface area contributed by atoms with Crippen LogP contribution in [0.25, 0.3) is 0 Å².